The number of halogens is 3. The van der Waals surface area contributed by atoms with Gasteiger partial charge in [-0.2, -0.15) is 22.8 Å². The zero-order valence-electron chi connectivity index (χ0n) is 19.6. The molecule has 37 heavy (non-hydrogen) atoms. The quantitative estimate of drug-likeness (QED) is 0.328. The van der Waals surface area contributed by atoms with Gasteiger partial charge in [0.05, 0.1) is 12.1 Å². The van der Waals surface area contributed by atoms with E-state index >= 15 is 0 Å². The molecule has 0 aliphatic heterocycles. The minimum atomic E-state index is -4.80. The standard InChI is InChI=1S/C25H20F3N5O4/c1-13-18(23-31-20-16(9-6-10-17(20)37-23)36-12-11-29-14(2)34)24(35)33-22(30-13)19(15-7-4-3-5-8-15)21(32-33)25(26,27)28/h3-10,30H,11-12H2,1-2H3,(H,29,34). The Morgan fingerprint density at radius 1 is 1.14 bits per heavy atom. The van der Waals surface area contributed by atoms with E-state index in [0.717, 1.165) is 0 Å². The molecular formula is C25H20F3N5O4. The van der Waals surface area contributed by atoms with Crippen molar-refractivity contribution >= 4 is 22.7 Å². The number of carbonyl (C=O) groups is 1. The van der Waals surface area contributed by atoms with Crippen molar-refractivity contribution in [3.05, 3.63) is 70.3 Å². The fraction of sp³-hybridized carbons (Fsp3) is 0.200. The maximum atomic E-state index is 13.9. The highest BCUT2D eigenvalue weighted by atomic mass is 19.4. The number of H-pyrrole nitrogens is 1. The predicted molar refractivity (Wildman–Crippen MR) is 128 cm³/mol. The molecule has 1 amide bonds. The number of benzene rings is 2. The highest BCUT2D eigenvalue weighted by Crippen LogP contribution is 2.38. The van der Waals surface area contributed by atoms with Gasteiger partial charge in [0.15, 0.2) is 16.8 Å². The molecule has 2 N–H and O–H groups in total. The lowest BCUT2D eigenvalue weighted by molar-refractivity contribution is -0.140. The average Bonchev–Trinajstić information content (AvgIpc) is 3.44. The number of hydrogen-bond acceptors (Lipinski definition) is 6. The fourth-order valence-electron chi connectivity index (χ4n) is 4.05. The van der Waals surface area contributed by atoms with E-state index in [9.17, 15) is 22.8 Å². The van der Waals surface area contributed by atoms with Crippen LogP contribution in [0.4, 0.5) is 13.2 Å². The van der Waals surface area contributed by atoms with Gasteiger partial charge >= 0.3 is 6.18 Å². The van der Waals surface area contributed by atoms with Crippen LogP contribution in [-0.2, 0) is 11.0 Å². The molecule has 0 aliphatic rings. The summed E-state index contributed by atoms with van der Waals surface area (Å²) >= 11 is 0. The van der Waals surface area contributed by atoms with Gasteiger partial charge in [0.25, 0.3) is 5.56 Å². The molecule has 190 valence electrons. The minimum absolute atomic E-state index is 0.0660. The first-order valence-corrected chi connectivity index (χ1v) is 11.2. The van der Waals surface area contributed by atoms with Crippen LogP contribution >= 0.6 is 0 Å². The van der Waals surface area contributed by atoms with E-state index < -0.39 is 17.4 Å². The number of ether oxygens (including phenoxy) is 1. The van der Waals surface area contributed by atoms with Crippen LogP contribution in [0.1, 0.15) is 18.3 Å². The van der Waals surface area contributed by atoms with Gasteiger partial charge in [0.2, 0.25) is 11.8 Å². The van der Waals surface area contributed by atoms with Crippen molar-refractivity contribution in [2.24, 2.45) is 0 Å². The maximum Gasteiger partial charge on any atom is 0.435 e. The Balaban J connectivity index is 1.64. The lowest BCUT2D eigenvalue weighted by Crippen LogP contribution is -2.25. The predicted octanol–water partition coefficient (Wildman–Crippen LogP) is 4.34. The molecule has 5 aromatic rings. The van der Waals surface area contributed by atoms with E-state index in [4.69, 9.17) is 9.15 Å². The molecular weight excluding hydrogens is 491 g/mol. The normalized spacial score (nSPS) is 11.8. The number of rotatable bonds is 6. The summed E-state index contributed by atoms with van der Waals surface area (Å²) in [5, 5.41) is 6.25. The number of carbonyl (C=O) groups excluding carboxylic acids is 1. The number of nitrogens with zero attached hydrogens (tertiary/aromatic N) is 3. The molecule has 9 nitrogen and oxygen atoms in total. The Morgan fingerprint density at radius 3 is 2.59 bits per heavy atom. The summed E-state index contributed by atoms with van der Waals surface area (Å²) in [6.45, 7) is 3.38. The summed E-state index contributed by atoms with van der Waals surface area (Å²) in [5.41, 5.74) is -1.25. The van der Waals surface area contributed by atoms with Crippen LogP contribution in [0.2, 0.25) is 0 Å². The van der Waals surface area contributed by atoms with E-state index in [1.54, 1.807) is 43.3 Å². The fourth-order valence-corrected chi connectivity index (χ4v) is 4.05. The van der Waals surface area contributed by atoms with Gasteiger partial charge < -0.3 is 19.5 Å². The second kappa shape index (κ2) is 9.12. The summed E-state index contributed by atoms with van der Waals surface area (Å²) in [6, 6.07) is 12.9. The molecule has 0 unspecified atom stereocenters. The Kier molecular flexibility index (Phi) is 5.94. The minimum Gasteiger partial charge on any atom is -0.489 e. The maximum absolute atomic E-state index is 13.9. The number of aromatic amines is 1. The molecule has 0 radical (unpaired) electrons. The van der Waals surface area contributed by atoms with Gasteiger partial charge in [0.1, 0.15) is 23.6 Å². The first-order chi connectivity index (χ1) is 17.6. The van der Waals surface area contributed by atoms with Gasteiger partial charge in [-0.25, -0.2) is 4.98 Å². The van der Waals surface area contributed by atoms with Crippen molar-refractivity contribution < 1.29 is 27.1 Å². The van der Waals surface area contributed by atoms with Crippen LogP contribution < -0.4 is 15.6 Å². The summed E-state index contributed by atoms with van der Waals surface area (Å²) < 4.78 is 53.9. The van der Waals surface area contributed by atoms with Crippen LogP contribution in [0, 0.1) is 6.92 Å². The third kappa shape index (κ3) is 4.41. The second-order valence-electron chi connectivity index (χ2n) is 8.23. The molecule has 0 spiro atoms. The number of aryl methyl sites for hydroxylation is 1. The zero-order valence-corrected chi connectivity index (χ0v) is 19.6. The first kappa shape index (κ1) is 24.1. The number of alkyl halides is 3. The van der Waals surface area contributed by atoms with Gasteiger partial charge in [-0.1, -0.05) is 36.4 Å². The lowest BCUT2D eigenvalue weighted by atomic mass is 10.1. The van der Waals surface area contributed by atoms with E-state index in [1.165, 1.54) is 19.1 Å². The summed E-state index contributed by atoms with van der Waals surface area (Å²) in [6.07, 6.45) is -4.80. The lowest BCUT2D eigenvalue weighted by Gasteiger charge is -2.07. The molecule has 0 fully saturated rings. The molecule has 3 aromatic heterocycles. The summed E-state index contributed by atoms with van der Waals surface area (Å²) in [7, 11) is 0. The number of nitrogens with one attached hydrogen (secondary N) is 2. The van der Waals surface area contributed by atoms with Gasteiger partial charge in [-0.15, -0.1) is 0 Å². The van der Waals surface area contributed by atoms with Gasteiger partial charge in [0, 0.05) is 12.6 Å². The Hall–Kier alpha value is -4.61. The number of oxazole rings is 1. The molecule has 0 saturated carbocycles. The van der Waals surface area contributed by atoms with Crippen molar-refractivity contribution in [2.75, 3.05) is 13.2 Å². The molecule has 0 atom stereocenters. The van der Waals surface area contributed by atoms with Crippen molar-refractivity contribution in [3.63, 3.8) is 0 Å². The summed E-state index contributed by atoms with van der Waals surface area (Å²) in [4.78, 5) is 31.8. The Bertz CT molecular complexity index is 1690. The van der Waals surface area contributed by atoms with Crippen LogP contribution in [0.25, 0.3) is 39.3 Å². The number of aromatic nitrogens is 4. The topological polar surface area (TPSA) is 115 Å². The van der Waals surface area contributed by atoms with Crippen molar-refractivity contribution in [1.82, 2.24) is 24.9 Å². The Morgan fingerprint density at radius 2 is 1.89 bits per heavy atom. The molecule has 5 rings (SSSR count). The first-order valence-electron chi connectivity index (χ1n) is 11.2. The molecule has 3 heterocycles. The molecule has 0 saturated heterocycles. The molecule has 12 heteroatoms. The summed E-state index contributed by atoms with van der Waals surface area (Å²) in [5.74, 6) is 0.0649. The third-order valence-corrected chi connectivity index (χ3v) is 5.63. The number of fused-ring (bicyclic) bond motifs is 2. The molecule has 0 bridgehead atoms. The average molecular weight is 511 g/mol. The van der Waals surface area contributed by atoms with E-state index in [1.807, 2.05) is 0 Å². The van der Waals surface area contributed by atoms with Gasteiger partial charge in [-0.05, 0) is 24.6 Å². The van der Waals surface area contributed by atoms with Crippen molar-refractivity contribution in [2.45, 2.75) is 20.0 Å². The number of hydrogen-bond donors (Lipinski definition) is 2. The third-order valence-electron chi connectivity index (χ3n) is 5.63. The van der Waals surface area contributed by atoms with Crippen LogP contribution in [0.3, 0.4) is 0 Å². The van der Waals surface area contributed by atoms with E-state index in [0.29, 0.717) is 21.4 Å². The zero-order chi connectivity index (χ0) is 26.3. The largest absolute Gasteiger partial charge is 0.489 e. The monoisotopic (exact) mass is 511 g/mol. The van der Waals surface area contributed by atoms with Crippen LogP contribution in [-0.4, -0.2) is 38.6 Å². The smallest absolute Gasteiger partial charge is 0.435 e. The SMILES string of the molecule is CC(=O)NCCOc1cccc2oc(-c3c(C)[nH]c4c(-c5ccccc5)c(C(F)(F)F)nn4c3=O)nc12. The molecule has 0 aliphatic carbocycles. The highest BCUT2D eigenvalue weighted by molar-refractivity contribution is 5.84. The van der Waals surface area contributed by atoms with E-state index in [2.05, 4.69) is 20.4 Å². The van der Waals surface area contributed by atoms with Crippen molar-refractivity contribution in [3.8, 4) is 28.3 Å². The van der Waals surface area contributed by atoms with Gasteiger partial charge in [-0.3, -0.25) is 9.59 Å². The number of amides is 1. The second-order valence-corrected chi connectivity index (χ2v) is 8.23. The Labute approximate surface area is 206 Å². The highest BCUT2D eigenvalue weighted by Gasteiger charge is 2.39. The van der Waals surface area contributed by atoms with Crippen LogP contribution in [0.5, 0.6) is 5.75 Å². The van der Waals surface area contributed by atoms with E-state index in [-0.39, 0.29) is 53.0 Å². The van der Waals surface area contributed by atoms with Crippen LogP contribution in [0.15, 0.2) is 57.7 Å². The molecule has 2 aromatic carbocycles. The van der Waals surface area contributed by atoms with Crippen molar-refractivity contribution in [1.29, 1.82) is 0 Å². The number of para-hydroxylation sites is 1.